The highest BCUT2D eigenvalue weighted by molar-refractivity contribution is 7.99. The minimum atomic E-state index is -0.0535. The number of nitrogens with one attached hydrogen (secondary N) is 2. The molecule has 0 unspecified atom stereocenters. The number of hydrogen-bond donors (Lipinski definition) is 2. The molecule has 0 radical (unpaired) electrons. The molecule has 8 nitrogen and oxygen atoms in total. The van der Waals surface area contributed by atoms with Crippen LogP contribution in [-0.2, 0) is 16.1 Å². The number of aromatic nitrogens is 4. The van der Waals surface area contributed by atoms with E-state index in [1.54, 1.807) is 29.8 Å². The third kappa shape index (κ3) is 5.07. The van der Waals surface area contributed by atoms with Crippen LogP contribution in [0.1, 0.15) is 20.3 Å². The number of rotatable bonds is 10. The second-order valence-electron chi connectivity index (χ2n) is 5.21. The molecule has 0 aliphatic rings. The number of hydrogen-bond acceptors (Lipinski definition) is 7. The third-order valence-corrected chi connectivity index (χ3v) is 4.26. The number of fused-ring (bicyclic) bond motifs is 1. The average Bonchev–Trinajstić information content (AvgIpc) is 2.96. The largest absolute Gasteiger partial charge is 0.383 e. The van der Waals surface area contributed by atoms with Crippen LogP contribution in [-0.4, -0.2) is 58.2 Å². The quantitative estimate of drug-likeness (QED) is 0.380. The van der Waals surface area contributed by atoms with Gasteiger partial charge in [0.2, 0.25) is 5.91 Å². The normalized spacial score (nSPS) is 11.0. The van der Waals surface area contributed by atoms with E-state index >= 15 is 0 Å². The third-order valence-electron chi connectivity index (χ3n) is 3.21. The lowest BCUT2D eigenvalue weighted by Gasteiger charge is -2.09. The van der Waals surface area contributed by atoms with Crippen LogP contribution in [0.5, 0.6) is 0 Å². The summed E-state index contributed by atoms with van der Waals surface area (Å²) in [5.74, 6) is 1.67. The Morgan fingerprint density at radius 2 is 2.21 bits per heavy atom. The summed E-state index contributed by atoms with van der Waals surface area (Å²) in [6.07, 6.45) is 2.81. The van der Waals surface area contributed by atoms with Crippen LogP contribution >= 0.6 is 11.8 Å². The molecule has 2 rings (SSSR count). The second kappa shape index (κ2) is 9.43. The Labute approximate surface area is 145 Å². The van der Waals surface area contributed by atoms with Crippen LogP contribution in [0, 0.1) is 0 Å². The summed E-state index contributed by atoms with van der Waals surface area (Å²) in [6, 6.07) is 0. The summed E-state index contributed by atoms with van der Waals surface area (Å²) < 4.78 is 6.88. The number of nitrogens with zero attached hydrogens (tertiary/aromatic N) is 4. The zero-order valence-corrected chi connectivity index (χ0v) is 15.2. The van der Waals surface area contributed by atoms with Gasteiger partial charge in [-0.3, -0.25) is 4.79 Å². The smallest absolute Gasteiger partial charge is 0.216 e. The van der Waals surface area contributed by atoms with Gasteiger partial charge in [-0.1, -0.05) is 18.7 Å². The van der Waals surface area contributed by atoms with Gasteiger partial charge >= 0.3 is 0 Å². The molecule has 0 aromatic carbocycles. The monoisotopic (exact) mass is 352 g/mol. The zero-order chi connectivity index (χ0) is 17.4. The lowest BCUT2D eigenvalue weighted by atomic mass is 10.4. The van der Waals surface area contributed by atoms with E-state index in [0.717, 1.165) is 34.2 Å². The maximum atomic E-state index is 11.0. The van der Waals surface area contributed by atoms with Gasteiger partial charge in [0.05, 0.1) is 24.7 Å². The SMILES string of the molecule is CCCSc1nc(NCCOC)c2cnn(CCNC(C)=O)c2n1. The van der Waals surface area contributed by atoms with Gasteiger partial charge in [-0.25, -0.2) is 14.6 Å². The van der Waals surface area contributed by atoms with Crippen molar-refractivity contribution < 1.29 is 9.53 Å². The van der Waals surface area contributed by atoms with Crippen molar-refractivity contribution in [2.24, 2.45) is 0 Å². The first kappa shape index (κ1) is 18.5. The van der Waals surface area contributed by atoms with Gasteiger partial charge in [0.15, 0.2) is 10.8 Å². The van der Waals surface area contributed by atoms with Crippen molar-refractivity contribution in [3.05, 3.63) is 6.20 Å². The number of amides is 1. The van der Waals surface area contributed by atoms with E-state index in [0.29, 0.717) is 26.2 Å². The molecule has 2 N–H and O–H groups in total. The molecule has 0 bridgehead atoms. The topological polar surface area (TPSA) is 94.0 Å². The Kier molecular flexibility index (Phi) is 7.26. The Morgan fingerprint density at radius 1 is 1.38 bits per heavy atom. The minimum Gasteiger partial charge on any atom is -0.383 e. The van der Waals surface area contributed by atoms with Gasteiger partial charge < -0.3 is 15.4 Å². The molecular weight excluding hydrogens is 328 g/mol. The lowest BCUT2D eigenvalue weighted by molar-refractivity contribution is -0.118. The van der Waals surface area contributed by atoms with Crippen molar-refractivity contribution in [2.45, 2.75) is 32.0 Å². The number of methoxy groups -OCH3 is 1. The fourth-order valence-electron chi connectivity index (χ4n) is 2.10. The van der Waals surface area contributed by atoms with Gasteiger partial charge in [0, 0.05) is 32.9 Å². The second-order valence-corrected chi connectivity index (χ2v) is 6.27. The highest BCUT2D eigenvalue weighted by Crippen LogP contribution is 2.24. The molecule has 2 aromatic heterocycles. The van der Waals surface area contributed by atoms with Crippen molar-refractivity contribution >= 4 is 34.5 Å². The van der Waals surface area contributed by atoms with E-state index in [4.69, 9.17) is 4.74 Å². The van der Waals surface area contributed by atoms with Crippen molar-refractivity contribution in [2.75, 3.05) is 37.9 Å². The summed E-state index contributed by atoms with van der Waals surface area (Å²) in [6.45, 7) is 5.97. The zero-order valence-electron chi connectivity index (χ0n) is 14.3. The summed E-state index contributed by atoms with van der Waals surface area (Å²) in [7, 11) is 1.67. The van der Waals surface area contributed by atoms with Crippen LogP contribution in [0.4, 0.5) is 5.82 Å². The summed E-state index contributed by atoms with van der Waals surface area (Å²) >= 11 is 1.63. The van der Waals surface area contributed by atoms with Gasteiger partial charge in [0.1, 0.15) is 5.82 Å². The minimum absolute atomic E-state index is 0.0535. The summed E-state index contributed by atoms with van der Waals surface area (Å²) in [5, 5.41) is 12.0. The molecule has 9 heteroatoms. The maximum Gasteiger partial charge on any atom is 0.216 e. The molecule has 2 aromatic rings. The molecule has 0 saturated heterocycles. The molecule has 0 spiro atoms. The molecule has 0 aliphatic carbocycles. The van der Waals surface area contributed by atoms with Crippen molar-refractivity contribution in [1.29, 1.82) is 0 Å². The van der Waals surface area contributed by atoms with Crippen LogP contribution in [0.3, 0.4) is 0 Å². The predicted molar refractivity (Wildman–Crippen MR) is 95.4 cm³/mol. The molecule has 0 atom stereocenters. The average molecular weight is 352 g/mol. The molecule has 2 heterocycles. The first-order chi connectivity index (χ1) is 11.7. The highest BCUT2D eigenvalue weighted by atomic mass is 32.2. The van der Waals surface area contributed by atoms with E-state index in [9.17, 15) is 4.79 Å². The Morgan fingerprint density at radius 3 is 2.92 bits per heavy atom. The molecule has 24 heavy (non-hydrogen) atoms. The fourth-order valence-corrected chi connectivity index (χ4v) is 2.79. The summed E-state index contributed by atoms with van der Waals surface area (Å²) in [4.78, 5) is 20.2. The Balaban J connectivity index is 2.25. The Bertz CT molecular complexity index is 675. The molecule has 0 aliphatic heterocycles. The van der Waals surface area contributed by atoms with Crippen molar-refractivity contribution in [1.82, 2.24) is 25.1 Å². The lowest BCUT2D eigenvalue weighted by Crippen LogP contribution is -2.24. The van der Waals surface area contributed by atoms with E-state index in [1.807, 2.05) is 0 Å². The van der Waals surface area contributed by atoms with E-state index in [1.165, 1.54) is 6.92 Å². The number of thioether (sulfide) groups is 1. The van der Waals surface area contributed by atoms with Gasteiger partial charge in [-0.2, -0.15) is 5.10 Å². The van der Waals surface area contributed by atoms with E-state index < -0.39 is 0 Å². The molecule has 0 fully saturated rings. The number of anilines is 1. The van der Waals surface area contributed by atoms with Crippen LogP contribution in [0.25, 0.3) is 11.0 Å². The highest BCUT2D eigenvalue weighted by Gasteiger charge is 2.13. The molecule has 1 amide bonds. The number of ether oxygens (including phenoxy) is 1. The maximum absolute atomic E-state index is 11.0. The standard InChI is InChI=1S/C15H24N6O2S/c1-4-9-24-15-19-13(17-6-8-23-3)12-10-18-21(14(12)20-15)7-5-16-11(2)22/h10H,4-9H2,1-3H3,(H,16,22)(H,17,19,20). The number of carbonyl (C=O) groups excluding carboxylic acids is 1. The first-order valence-corrected chi connectivity index (χ1v) is 8.97. The summed E-state index contributed by atoms with van der Waals surface area (Å²) in [5.41, 5.74) is 0.772. The molecular formula is C15H24N6O2S. The Hall–Kier alpha value is -1.87. The molecule has 132 valence electrons. The van der Waals surface area contributed by atoms with E-state index in [2.05, 4.69) is 32.6 Å². The van der Waals surface area contributed by atoms with Crippen molar-refractivity contribution in [3.63, 3.8) is 0 Å². The van der Waals surface area contributed by atoms with Gasteiger partial charge in [0.25, 0.3) is 0 Å². The van der Waals surface area contributed by atoms with E-state index in [-0.39, 0.29) is 5.91 Å². The molecule has 0 saturated carbocycles. The van der Waals surface area contributed by atoms with Crippen LogP contribution in [0.15, 0.2) is 11.4 Å². The van der Waals surface area contributed by atoms with Gasteiger partial charge in [-0.15, -0.1) is 0 Å². The van der Waals surface area contributed by atoms with Crippen LogP contribution in [0.2, 0.25) is 0 Å². The van der Waals surface area contributed by atoms with Crippen LogP contribution < -0.4 is 10.6 Å². The number of carbonyl (C=O) groups is 1. The van der Waals surface area contributed by atoms with Gasteiger partial charge in [-0.05, 0) is 6.42 Å². The fraction of sp³-hybridized carbons (Fsp3) is 0.600. The van der Waals surface area contributed by atoms with Crippen molar-refractivity contribution in [3.8, 4) is 0 Å². The first-order valence-electron chi connectivity index (χ1n) is 7.99. The predicted octanol–water partition coefficient (Wildman–Crippen LogP) is 1.52.